The van der Waals surface area contributed by atoms with Crippen LogP contribution < -0.4 is 0 Å². The van der Waals surface area contributed by atoms with Crippen molar-refractivity contribution < 1.29 is 0 Å². The van der Waals surface area contributed by atoms with E-state index in [2.05, 4.69) is 65.0 Å². The van der Waals surface area contributed by atoms with Crippen LogP contribution in [0.1, 0.15) is 41.5 Å². The van der Waals surface area contributed by atoms with Gasteiger partial charge < -0.3 is 4.98 Å². The minimum absolute atomic E-state index is 0. The fraction of sp³-hybridized carbons (Fsp3) is 0.276. The maximum absolute atomic E-state index is 6.38. The number of aromatic nitrogens is 2. The van der Waals surface area contributed by atoms with Gasteiger partial charge in [0.05, 0.1) is 17.8 Å². The van der Waals surface area contributed by atoms with Crippen molar-refractivity contribution >= 4 is 60.4 Å². The molecule has 0 aliphatic carbocycles. The molecule has 1 N–H and O–H groups in total. The summed E-state index contributed by atoms with van der Waals surface area (Å²) >= 11 is 12.8. The highest BCUT2D eigenvalue weighted by Crippen LogP contribution is 2.34. The molecule has 2 heterocycles. The van der Waals surface area contributed by atoms with Gasteiger partial charge in [-0.3, -0.25) is 9.80 Å². The van der Waals surface area contributed by atoms with Crippen LogP contribution in [0.25, 0.3) is 11.4 Å². The van der Waals surface area contributed by atoms with Crippen LogP contribution in [0, 0.1) is 6.92 Å². The molecule has 3 aromatic carbocycles. The topological polar surface area (TPSA) is 35.2 Å². The number of halogens is 5. The second kappa shape index (κ2) is 14.6. The summed E-state index contributed by atoms with van der Waals surface area (Å²) in [5, 5.41) is 1.51. The molecule has 0 bridgehead atoms. The summed E-state index contributed by atoms with van der Waals surface area (Å²) in [5.74, 6) is 0.936. The van der Waals surface area contributed by atoms with E-state index in [9.17, 15) is 0 Å². The van der Waals surface area contributed by atoms with Crippen LogP contribution in [0.3, 0.4) is 0 Å². The smallest absolute Gasteiger partial charge is 0.137 e. The zero-order valence-corrected chi connectivity index (χ0v) is 25.3. The fourth-order valence-corrected chi connectivity index (χ4v) is 5.53. The molecule has 0 amide bonds. The number of piperazine rings is 1. The highest BCUT2D eigenvalue weighted by atomic mass is 35.5. The zero-order chi connectivity index (χ0) is 24.4. The quantitative estimate of drug-likeness (QED) is 0.237. The summed E-state index contributed by atoms with van der Waals surface area (Å²) in [5.41, 5.74) is 5.76. The van der Waals surface area contributed by atoms with Gasteiger partial charge in [0, 0.05) is 47.5 Å². The minimum Gasteiger partial charge on any atom is -0.342 e. The molecule has 0 saturated carbocycles. The number of nitrogens with one attached hydrogen (secondary N) is 1. The fourth-order valence-electron chi connectivity index (χ4n) is 5.14. The van der Waals surface area contributed by atoms with Crippen molar-refractivity contribution in [2.45, 2.75) is 25.9 Å². The average molecular weight is 615 g/mol. The van der Waals surface area contributed by atoms with Crippen LogP contribution in [0.15, 0.2) is 78.9 Å². The van der Waals surface area contributed by atoms with E-state index in [1.54, 1.807) is 0 Å². The third-order valence-corrected chi connectivity index (χ3v) is 7.43. The molecule has 0 radical (unpaired) electrons. The zero-order valence-electron chi connectivity index (χ0n) is 21.3. The molecule has 38 heavy (non-hydrogen) atoms. The molecule has 5 rings (SSSR count). The molecule has 1 aliphatic heterocycles. The van der Waals surface area contributed by atoms with Crippen molar-refractivity contribution in [3.05, 3.63) is 111 Å². The van der Waals surface area contributed by atoms with Crippen molar-refractivity contribution in [2.75, 3.05) is 26.2 Å². The van der Waals surface area contributed by atoms with Gasteiger partial charge in [-0.2, -0.15) is 0 Å². The number of imidazole rings is 1. The number of rotatable bonds is 6. The highest BCUT2D eigenvalue weighted by molar-refractivity contribution is 6.31. The lowest BCUT2D eigenvalue weighted by molar-refractivity contribution is 0.0826. The first-order chi connectivity index (χ1) is 17.0. The van der Waals surface area contributed by atoms with E-state index >= 15 is 0 Å². The van der Waals surface area contributed by atoms with Crippen LogP contribution in [0.5, 0.6) is 0 Å². The number of H-pyrrole nitrogens is 1. The number of benzene rings is 3. The predicted molar refractivity (Wildman–Crippen MR) is 167 cm³/mol. The molecule has 1 saturated heterocycles. The monoisotopic (exact) mass is 612 g/mol. The van der Waals surface area contributed by atoms with Gasteiger partial charge >= 0.3 is 0 Å². The first-order valence-electron chi connectivity index (χ1n) is 12.1. The number of hydrogen-bond acceptors (Lipinski definition) is 3. The predicted octanol–water partition coefficient (Wildman–Crippen LogP) is 8.43. The summed E-state index contributed by atoms with van der Waals surface area (Å²) < 4.78 is 0. The average Bonchev–Trinajstić information content (AvgIpc) is 3.26. The maximum atomic E-state index is 6.38. The van der Waals surface area contributed by atoms with E-state index in [0.717, 1.165) is 59.0 Å². The Morgan fingerprint density at radius 1 is 0.737 bits per heavy atom. The van der Waals surface area contributed by atoms with Crippen molar-refractivity contribution in [2.24, 2.45) is 0 Å². The molecule has 204 valence electrons. The Labute approximate surface area is 254 Å². The summed E-state index contributed by atoms with van der Waals surface area (Å²) in [6.07, 6.45) is 0. The van der Waals surface area contributed by atoms with Crippen LogP contribution in [0.4, 0.5) is 0 Å². The SMILES string of the molecule is Cc1[nH]c(-c2ccccc2)nc1C(C)N1CCN(C(c2cccc(Cl)c2)c2cccc(Cl)c2)CC1.Cl.Cl.Cl. The number of aryl methyl sites for hydroxylation is 1. The van der Waals surface area contributed by atoms with Gasteiger partial charge in [0.1, 0.15) is 5.82 Å². The summed E-state index contributed by atoms with van der Waals surface area (Å²) in [7, 11) is 0. The van der Waals surface area contributed by atoms with Gasteiger partial charge in [-0.05, 0) is 49.2 Å². The Morgan fingerprint density at radius 2 is 1.26 bits per heavy atom. The molecule has 9 heteroatoms. The van der Waals surface area contributed by atoms with Crippen molar-refractivity contribution in [1.82, 2.24) is 19.8 Å². The third-order valence-electron chi connectivity index (χ3n) is 6.96. The molecule has 1 aliphatic rings. The second-order valence-electron chi connectivity index (χ2n) is 9.22. The lowest BCUT2D eigenvalue weighted by Gasteiger charge is -2.41. The van der Waals surface area contributed by atoms with Gasteiger partial charge in [-0.25, -0.2) is 4.98 Å². The first-order valence-corrected chi connectivity index (χ1v) is 12.9. The molecule has 4 aromatic rings. The van der Waals surface area contributed by atoms with Crippen molar-refractivity contribution in [3.63, 3.8) is 0 Å². The van der Waals surface area contributed by atoms with E-state index in [1.807, 2.05) is 42.5 Å². The minimum atomic E-state index is 0. The molecule has 1 unspecified atom stereocenters. The molecule has 4 nitrogen and oxygen atoms in total. The van der Waals surface area contributed by atoms with Gasteiger partial charge in [0.15, 0.2) is 0 Å². The Morgan fingerprint density at radius 3 is 1.79 bits per heavy atom. The van der Waals surface area contributed by atoms with Crippen molar-refractivity contribution in [1.29, 1.82) is 0 Å². The van der Waals surface area contributed by atoms with Crippen LogP contribution in [-0.2, 0) is 0 Å². The lowest BCUT2D eigenvalue weighted by Crippen LogP contribution is -2.48. The molecular formula is C29H33Cl5N4. The number of hydrogen-bond donors (Lipinski definition) is 1. The maximum Gasteiger partial charge on any atom is 0.137 e. The van der Waals surface area contributed by atoms with E-state index in [-0.39, 0.29) is 49.3 Å². The molecule has 1 aromatic heterocycles. The Kier molecular flexibility index (Phi) is 12.4. The second-order valence-corrected chi connectivity index (χ2v) is 10.1. The van der Waals surface area contributed by atoms with E-state index in [4.69, 9.17) is 28.2 Å². The molecule has 0 spiro atoms. The summed E-state index contributed by atoms with van der Waals surface area (Å²) in [4.78, 5) is 13.5. The van der Waals surface area contributed by atoms with Crippen LogP contribution in [0.2, 0.25) is 10.0 Å². The third kappa shape index (κ3) is 7.25. The lowest BCUT2D eigenvalue weighted by atomic mass is 9.96. The van der Waals surface area contributed by atoms with Gasteiger partial charge in [-0.15, -0.1) is 37.2 Å². The van der Waals surface area contributed by atoms with Gasteiger partial charge in [0.25, 0.3) is 0 Å². The number of aromatic amines is 1. The summed E-state index contributed by atoms with van der Waals surface area (Å²) in [6.45, 7) is 8.21. The van der Waals surface area contributed by atoms with E-state index in [1.165, 1.54) is 11.1 Å². The van der Waals surface area contributed by atoms with Gasteiger partial charge in [-0.1, -0.05) is 77.8 Å². The van der Waals surface area contributed by atoms with E-state index in [0.29, 0.717) is 0 Å². The van der Waals surface area contributed by atoms with Crippen LogP contribution in [-0.4, -0.2) is 45.9 Å². The number of nitrogens with zero attached hydrogens (tertiary/aromatic N) is 3. The Bertz CT molecular complexity index is 1240. The van der Waals surface area contributed by atoms with E-state index < -0.39 is 0 Å². The van der Waals surface area contributed by atoms with Crippen molar-refractivity contribution in [3.8, 4) is 11.4 Å². The Balaban J connectivity index is 0.00000169. The molecule has 1 atom stereocenters. The molecule has 1 fully saturated rings. The van der Waals surface area contributed by atoms with Gasteiger partial charge in [0.2, 0.25) is 0 Å². The largest absolute Gasteiger partial charge is 0.342 e. The van der Waals surface area contributed by atoms with Crippen LogP contribution >= 0.6 is 60.4 Å². The molecular weight excluding hydrogens is 582 g/mol. The highest BCUT2D eigenvalue weighted by Gasteiger charge is 2.30. The Hall–Kier alpha value is -1.76. The summed E-state index contributed by atoms with van der Waals surface area (Å²) in [6, 6.07) is 27.0. The first kappa shape index (κ1) is 32.5. The normalized spacial score (nSPS) is 14.8. The standard InChI is InChI=1S/C29H30Cl2N4.3ClH/c1-20-27(33-29(32-20)22-8-4-3-5-9-22)21(2)34-14-16-35(17-15-34)28(23-10-6-12-25(30)18-23)24-11-7-13-26(31)19-24;;;/h3-13,18-19,21,28H,14-17H2,1-2H3,(H,32,33);3*1H.